The van der Waals surface area contributed by atoms with Gasteiger partial charge in [0.2, 0.25) is 11.8 Å². The molecule has 1 aromatic heterocycles. The lowest BCUT2D eigenvalue weighted by Gasteiger charge is -2.25. The maximum absolute atomic E-state index is 13.6. The van der Waals surface area contributed by atoms with Crippen LogP contribution in [-0.2, 0) is 39.9 Å². The van der Waals surface area contributed by atoms with Crippen LogP contribution in [0.4, 0.5) is 29.5 Å². The summed E-state index contributed by atoms with van der Waals surface area (Å²) in [4.78, 5) is 40.6. The SMILES string of the molecule is CC(=O)Nc1cc(Oc2ccc3c(c2)C[C@@H](C(=O)Nc2cc(CNC(=O)OC(C)(C)C)cc(C(F)(F)F)c2)CC3)ccn1. The van der Waals surface area contributed by atoms with E-state index in [2.05, 4.69) is 20.9 Å². The van der Waals surface area contributed by atoms with Gasteiger partial charge in [-0.2, -0.15) is 13.2 Å². The molecule has 9 nitrogen and oxygen atoms in total. The van der Waals surface area contributed by atoms with Crippen molar-refractivity contribution in [1.82, 2.24) is 10.3 Å². The second-order valence-corrected chi connectivity index (χ2v) is 11.3. The number of hydrogen-bond donors (Lipinski definition) is 3. The minimum atomic E-state index is -4.65. The van der Waals surface area contributed by atoms with Gasteiger partial charge in [0.15, 0.2) is 0 Å². The molecule has 3 amide bonds. The number of anilines is 2. The van der Waals surface area contributed by atoms with Gasteiger partial charge in [-0.3, -0.25) is 9.59 Å². The van der Waals surface area contributed by atoms with Crippen LogP contribution in [0.3, 0.4) is 0 Å². The minimum Gasteiger partial charge on any atom is -0.457 e. The summed E-state index contributed by atoms with van der Waals surface area (Å²) < 4.78 is 52.0. The van der Waals surface area contributed by atoms with E-state index < -0.39 is 35.3 Å². The number of fused-ring (bicyclic) bond motifs is 1. The van der Waals surface area contributed by atoms with Gasteiger partial charge < -0.3 is 25.4 Å². The predicted octanol–water partition coefficient (Wildman–Crippen LogP) is 6.62. The molecular formula is C31H33F3N4O5. The number of benzene rings is 2. The fourth-order valence-corrected chi connectivity index (χ4v) is 4.64. The van der Waals surface area contributed by atoms with Gasteiger partial charge in [0.05, 0.1) is 5.56 Å². The normalized spacial score (nSPS) is 14.7. The van der Waals surface area contributed by atoms with E-state index in [0.29, 0.717) is 36.6 Å². The van der Waals surface area contributed by atoms with Crippen molar-refractivity contribution in [2.24, 2.45) is 5.92 Å². The zero-order chi connectivity index (χ0) is 31.4. The van der Waals surface area contributed by atoms with E-state index in [-0.39, 0.29) is 23.7 Å². The van der Waals surface area contributed by atoms with E-state index in [1.165, 1.54) is 19.2 Å². The Hall–Kier alpha value is -4.61. The molecule has 1 heterocycles. The van der Waals surface area contributed by atoms with Crippen molar-refractivity contribution < 1.29 is 37.0 Å². The molecular weight excluding hydrogens is 565 g/mol. The first kappa shape index (κ1) is 31.3. The van der Waals surface area contributed by atoms with E-state index in [0.717, 1.165) is 23.3 Å². The molecule has 0 unspecified atom stereocenters. The van der Waals surface area contributed by atoms with Crippen LogP contribution in [0.2, 0.25) is 0 Å². The molecule has 4 rings (SSSR count). The van der Waals surface area contributed by atoms with Crippen molar-refractivity contribution in [2.45, 2.75) is 65.3 Å². The van der Waals surface area contributed by atoms with E-state index in [1.807, 2.05) is 18.2 Å². The van der Waals surface area contributed by atoms with Crippen LogP contribution in [-0.4, -0.2) is 28.5 Å². The number of nitrogens with one attached hydrogen (secondary N) is 3. The van der Waals surface area contributed by atoms with Crippen molar-refractivity contribution in [3.05, 3.63) is 77.0 Å². The summed E-state index contributed by atoms with van der Waals surface area (Å²) in [6, 6.07) is 12.0. The molecule has 2 aromatic carbocycles. The summed E-state index contributed by atoms with van der Waals surface area (Å²) in [6.45, 7) is 6.18. The van der Waals surface area contributed by atoms with Crippen LogP contribution >= 0.6 is 0 Å². The maximum Gasteiger partial charge on any atom is 0.416 e. The smallest absolute Gasteiger partial charge is 0.416 e. The number of hydrogen-bond acceptors (Lipinski definition) is 6. The molecule has 3 aromatic rings. The van der Waals surface area contributed by atoms with Crippen molar-refractivity contribution >= 4 is 29.4 Å². The first-order chi connectivity index (χ1) is 20.1. The minimum absolute atomic E-state index is 0.0173. The highest BCUT2D eigenvalue weighted by Crippen LogP contribution is 2.34. The Labute approximate surface area is 247 Å². The maximum atomic E-state index is 13.6. The van der Waals surface area contributed by atoms with Gasteiger partial charge in [0, 0.05) is 37.3 Å². The molecule has 0 fully saturated rings. The number of halogens is 3. The zero-order valence-corrected chi connectivity index (χ0v) is 24.2. The molecule has 43 heavy (non-hydrogen) atoms. The monoisotopic (exact) mass is 598 g/mol. The van der Waals surface area contributed by atoms with Crippen LogP contribution in [0.15, 0.2) is 54.7 Å². The van der Waals surface area contributed by atoms with Crippen LogP contribution in [0.5, 0.6) is 11.5 Å². The molecule has 3 N–H and O–H groups in total. The molecule has 0 saturated carbocycles. The van der Waals surface area contributed by atoms with Crippen LogP contribution in [0.25, 0.3) is 0 Å². The summed E-state index contributed by atoms with van der Waals surface area (Å²) in [7, 11) is 0. The molecule has 1 aliphatic rings. The number of alkyl halides is 3. The lowest BCUT2D eigenvalue weighted by Crippen LogP contribution is -2.32. The fourth-order valence-electron chi connectivity index (χ4n) is 4.64. The standard InChI is InChI=1S/C31H33F3N4O5/c1-18(39)37-27-16-26(9-10-35-27)42-25-8-7-20-5-6-21(13-22(20)14-25)28(40)38-24-12-19(11-23(15-24)31(32,33)34)17-36-29(41)43-30(2,3)4/h7-12,14-16,21H,5-6,13,17H2,1-4H3,(H,36,41)(H,38,40)(H,35,37,39)/t21-/m0/s1. The molecule has 12 heteroatoms. The van der Waals surface area contributed by atoms with Crippen molar-refractivity contribution in [3.63, 3.8) is 0 Å². The zero-order valence-electron chi connectivity index (χ0n) is 24.2. The van der Waals surface area contributed by atoms with Crippen molar-refractivity contribution in [1.29, 1.82) is 0 Å². The second kappa shape index (κ2) is 12.7. The number of alkyl carbamates (subject to hydrolysis) is 1. The molecule has 0 radical (unpaired) electrons. The summed E-state index contributed by atoms with van der Waals surface area (Å²) >= 11 is 0. The summed E-state index contributed by atoms with van der Waals surface area (Å²) in [5.74, 6) is 0.189. The molecule has 0 spiro atoms. The number of carbonyl (C=O) groups excluding carboxylic acids is 3. The largest absolute Gasteiger partial charge is 0.457 e. The fraction of sp³-hybridized carbons (Fsp3) is 0.355. The molecule has 1 aliphatic carbocycles. The number of nitrogens with zero attached hydrogens (tertiary/aromatic N) is 1. The van der Waals surface area contributed by atoms with Crippen molar-refractivity contribution in [2.75, 3.05) is 10.6 Å². The Morgan fingerprint density at radius 1 is 0.953 bits per heavy atom. The highest BCUT2D eigenvalue weighted by atomic mass is 19.4. The quantitative estimate of drug-likeness (QED) is 0.281. The average molecular weight is 599 g/mol. The Kier molecular flexibility index (Phi) is 9.27. The topological polar surface area (TPSA) is 119 Å². The summed E-state index contributed by atoms with van der Waals surface area (Å²) in [6.07, 6.45) is -2.40. The Morgan fingerprint density at radius 3 is 2.40 bits per heavy atom. The van der Waals surface area contributed by atoms with Gasteiger partial charge in [0.25, 0.3) is 0 Å². The summed E-state index contributed by atoms with van der Waals surface area (Å²) in [5.41, 5.74) is 0.380. The Balaban J connectivity index is 1.45. The van der Waals surface area contributed by atoms with Gasteiger partial charge in [-0.25, -0.2) is 9.78 Å². The Morgan fingerprint density at radius 2 is 1.70 bits per heavy atom. The van der Waals surface area contributed by atoms with Gasteiger partial charge in [-0.15, -0.1) is 0 Å². The molecule has 0 saturated heterocycles. The number of aryl methyl sites for hydroxylation is 1. The third-order valence-corrected chi connectivity index (χ3v) is 6.47. The first-order valence-electron chi connectivity index (χ1n) is 13.7. The number of pyridine rings is 1. The second-order valence-electron chi connectivity index (χ2n) is 11.3. The number of carbonyl (C=O) groups is 3. The van der Waals surface area contributed by atoms with Gasteiger partial charge in [-0.05, 0) is 93.1 Å². The molecule has 1 atom stereocenters. The lowest BCUT2D eigenvalue weighted by atomic mass is 9.83. The number of aromatic nitrogens is 1. The van der Waals surface area contributed by atoms with Gasteiger partial charge in [-0.1, -0.05) is 6.07 Å². The molecule has 228 valence electrons. The third-order valence-electron chi connectivity index (χ3n) is 6.47. The van der Waals surface area contributed by atoms with Crippen molar-refractivity contribution in [3.8, 4) is 11.5 Å². The third kappa shape index (κ3) is 9.19. The van der Waals surface area contributed by atoms with Crippen LogP contribution in [0, 0.1) is 5.92 Å². The molecule has 0 aliphatic heterocycles. The van der Waals surface area contributed by atoms with Crippen LogP contribution < -0.4 is 20.7 Å². The van der Waals surface area contributed by atoms with Gasteiger partial charge >= 0.3 is 12.3 Å². The van der Waals surface area contributed by atoms with E-state index >= 15 is 0 Å². The van der Waals surface area contributed by atoms with E-state index in [1.54, 1.807) is 32.9 Å². The van der Waals surface area contributed by atoms with Gasteiger partial charge in [0.1, 0.15) is 22.9 Å². The lowest BCUT2D eigenvalue weighted by molar-refractivity contribution is -0.137. The number of rotatable bonds is 7. The Bertz CT molecular complexity index is 1520. The highest BCUT2D eigenvalue weighted by Gasteiger charge is 2.32. The van der Waals surface area contributed by atoms with E-state index in [4.69, 9.17) is 9.47 Å². The predicted molar refractivity (Wildman–Crippen MR) is 154 cm³/mol. The molecule has 0 bridgehead atoms. The number of ether oxygens (including phenoxy) is 2. The summed E-state index contributed by atoms with van der Waals surface area (Å²) in [5, 5.41) is 7.68. The number of amides is 3. The van der Waals surface area contributed by atoms with E-state index in [9.17, 15) is 27.6 Å². The van der Waals surface area contributed by atoms with Crippen LogP contribution in [0.1, 0.15) is 56.4 Å². The first-order valence-corrected chi connectivity index (χ1v) is 13.7. The average Bonchev–Trinajstić information content (AvgIpc) is 2.90. The highest BCUT2D eigenvalue weighted by molar-refractivity contribution is 5.93.